The van der Waals surface area contributed by atoms with E-state index in [9.17, 15) is 9.59 Å². The van der Waals surface area contributed by atoms with Gasteiger partial charge in [-0.1, -0.05) is 30.3 Å². The third kappa shape index (κ3) is 3.22. The second kappa shape index (κ2) is 6.97. The number of anilines is 2. The van der Waals surface area contributed by atoms with Crippen LogP contribution in [0.25, 0.3) is 0 Å². The van der Waals surface area contributed by atoms with Crippen molar-refractivity contribution in [2.24, 2.45) is 0 Å². The summed E-state index contributed by atoms with van der Waals surface area (Å²) in [5.74, 6) is 0.0696. The zero-order valence-electron chi connectivity index (χ0n) is 14.7. The molecule has 1 atom stereocenters. The molecule has 5 heteroatoms. The molecular formula is C20H22N2O3. The van der Waals surface area contributed by atoms with Gasteiger partial charge in [0.15, 0.2) is 0 Å². The summed E-state index contributed by atoms with van der Waals surface area (Å²) in [6.45, 7) is 6.31. The first-order valence-corrected chi connectivity index (χ1v) is 8.44. The fourth-order valence-corrected chi connectivity index (χ4v) is 3.13. The van der Waals surface area contributed by atoms with Gasteiger partial charge in [0.2, 0.25) is 5.91 Å². The van der Waals surface area contributed by atoms with Crippen molar-refractivity contribution in [1.29, 1.82) is 0 Å². The van der Waals surface area contributed by atoms with Crippen molar-refractivity contribution in [1.82, 2.24) is 0 Å². The quantitative estimate of drug-likeness (QED) is 0.849. The Balaban J connectivity index is 1.89. The molecule has 2 amide bonds. The number of amides is 2. The van der Waals surface area contributed by atoms with Crippen molar-refractivity contribution in [2.45, 2.75) is 33.2 Å². The van der Waals surface area contributed by atoms with Crippen LogP contribution in [0.3, 0.4) is 0 Å². The van der Waals surface area contributed by atoms with Gasteiger partial charge in [0.05, 0.1) is 18.7 Å². The second-order valence-corrected chi connectivity index (χ2v) is 6.14. The van der Waals surface area contributed by atoms with E-state index in [1.807, 2.05) is 45.0 Å². The van der Waals surface area contributed by atoms with E-state index in [1.165, 1.54) is 4.90 Å². The standard InChI is InChI=1S/C20H22N2O3/c1-4-25-17-11-6-5-10-16(17)22-18(23)12-15(20(22)24)21-19-13(2)8-7-9-14(19)3/h5-11,15,21H,4,12H2,1-3H3/t15-/m0/s1. The van der Waals surface area contributed by atoms with Gasteiger partial charge in [0.1, 0.15) is 11.8 Å². The molecule has 0 unspecified atom stereocenters. The Morgan fingerprint density at radius 1 is 1.08 bits per heavy atom. The number of carbonyl (C=O) groups is 2. The van der Waals surface area contributed by atoms with Gasteiger partial charge in [-0.05, 0) is 44.0 Å². The van der Waals surface area contributed by atoms with Crippen molar-refractivity contribution in [3.05, 3.63) is 53.6 Å². The maximum Gasteiger partial charge on any atom is 0.256 e. The van der Waals surface area contributed by atoms with Crippen LogP contribution in [-0.2, 0) is 9.59 Å². The molecule has 1 fully saturated rings. The molecule has 2 aromatic rings. The van der Waals surface area contributed by atoms with E-state index >= 15 is 0 Å². The monoisotopic (exact) mass is 338 g/mol. The van der Waals surface area contributed by atoms with E-state index in [0.717, 1.165) is 16.8 Å². The summed E-state index contributed by atoms with van der Waals surface area (Å²) in [5.41, 5.74) is 3.51. The highest BCUT2D eigenvalue weighted by Crippen LogP contribution is 2.33. The number of aryl methyl sites for hydroxylation is 2. The van der Waals surface area contributed by atoms with Crippen LogP contribution in [0.2, 0.25) is 0 Å². The molecule has 5 nitrogen and oxygen atoms in total. The topological polar surface area (TPSA) is 58.6 Å². The maximum atomic E-state index is 12.9. The molecule has 0 spiro atoms. The number of para-hydroxylation sites is 3. The molecular weight excluding hydrogens is 316 g/mol. The minimum Gasteiger partial charge on any atom is -0.492 e. The van der Waals surface area contributed by atoms with Crippen molar-refractivity contribution >= 4 is 23.2 Å². The highest BCUT2D eigenvalue weighted by Gasteiger charge is 2.41. The second-order valence-electron chi connectivity index (χ2n) is 6.14. The van der Waals surface area contributed by atoms with Gasteiger partial charge in [-0.25, -0.2) is 4.90 Å². The number of rotatable bonds is 5. The predicted molar refractivity (Wildman–Crippen MR) is 98.0 cm³/mol. The molecule has 130 valence electrons. The van der Waals surface area contributed by atoms with Gasteiger partial charge in [0, 0.05) is 5.69 Å². The molecule has 0 radical (unpaired) electrons. The summed E-state index contributed by atoms with van der Waals surface area (Å²) in [6.07, 6.45) is 0.132. The van der Waals surface area contributed by atoms with Crippen molar-refractivity contribution in [3.63, 3.8) is 0 Å². The van der Waals surface area contributed by atoms with E-state index < -0.39 is 6.04 Å². The highest BCUT2D eigenvalue weighted by atomic mass is 16.5. The Labute approximate surface area is 147 Å². The summed E-state index contributed by atoms with van der Waals surface area (Å²) in [4.78, 5) is 26.6. The molecule has 0 saturated carbocycles. The van der Waals surface area contributed by atoms with E-state index in [0.29, 0.717) is 18.0 Å². The van der Waals surface area contributed by atoms with Crippen molar-refractivity contribution < 1.29 is 14.3 Å². The first-order valence-electron chi connectivity index (χ1n) is 8.44. The smallest absolute Gasteiger partial charge is 0.256 e. The molecule has 0 aromatic heterocycles. The number of carbonyl (C=O) groups excluding carboxylic acids is 2. The van der Waals surface area contributed by atoms with Gasteiger partial charge in [-0.2, -0.15) is 0 Å². The van der Waals surface area contributed by atoms with Gasteiger partial charge < -0.3 is 10.1 Å². The lowest BCUT2D eigenvalue weighted by Gasteiger charge is -2.20. The lowest BCUT2D eigenvalue weighted by atomic mass is 10.1. The van der Waals surface area contributed by atoms with Crippen LogP contribution in [-0.4, -0.2) is 24.5 Å². The van der Waals surface area contributed by atoms with Gasteiger partial charge in [-0.15, -0.1) is 0 Å². The number of imide groups is 1. The molecule has 3 rings (SSSR count). The summed E-state index contributed by atoms with van der Waals surface area (Å²) in [5, 5.41) is 3.26. The Bertz CT molecular complexity index is 796. The fourth-order valence-electron chi connectivity index (χ4n) is 3.13. The van der Waals surface area contributed by atoms with Crippen LogP contribution in [0.15, 0.2) is 42.5 Å². The third-order valence-electron chi connectivity index (χ3n) is 4.35. The number of benzene rings is 2. The zero-order valence-corrected chi connectivity index (χ0v) is 14.7. The fraction of sp³-hybridized carbons (Fsp3) is 0.300. The first kappa shape index (κ1) is 17.0. The number of nitrogens with zero attached hydrogens (tertiary/aromatic N) is 1. The van der Waals surface area contributed by atoms with Crippen LogP contribution in [0.4, 0.5) is 11.4 Å². The number of hydrogen-bond donors (Lipinski definition) is 1. The molecule has 1 aliphatic heterocycles. The third-order valence-corrected chi connectivity index (χ3v) is 4.35. The van der Waals surface area contributed by atoms with Gasteiger partial charge in [0.25, 0.3) is 5.91 Å². The summed E-state index contributed by atoms with van der Waals surface area (Å²) >= 11 is 0. The molecule has 25 heavy (non-hydrogen) atoms. The number of hydrogen-bond acceptors (Lipinski definition) is 4. The minimum absolute atomic E-state index is 0.132. The molecule has 1 saturated heterocycles. The average molecular weight is 338 g/mol. The number of ether oxygens (including phenoxy) is 1. The lowest BCUT2D eigenvalue weighted by Crippen LogP contribution is -2.35. The number of nitrogens with one attached hydrogen (secondary N) is 1. The van der Waals surface area contributed by atoms with Crippen LogP contribution < -0.4 is 15.0 Å². The Hall–Kier alpha value is -2.82. The minimum atomic E-state index is -0.568. The maximum absolute atomic E-state index is 12.9. The molecule has 2 aromatic carbocycles. The zero-order chi connectivity index (χ0) is 18.0. The van der Waals surface area contributed by atoms with Crippen molar-refractivity contribution in [3.8, 4) is 5.75 Å². The Kier molecular flexibility index (Phi) is 4.74. The molecule has 1 aliphatic rings. The van der Waals surface area contributed by atoms with Crippen LogP contribution in [0.1, 0.15) is 24.5 Å². The highest BCUT2D eigenvalue weighted by molar-refractivity contribution is 6.23. The van der Waals surface area contributed by atoms with Crippen LogP contribution in [0, 0.1) is 13.8 Å². The Morgan fingerprint density at radius 2 is 1.76 bits per heavy atom. The predicted octanol–water partition coefficient (Wildman–Crippen LogP) is 3.45. The van der Waals surface area contributed by atoms with Crippen LogP contribution in [0.5, 0.6) is 5.75 Å². The summed E-state index contributed by atoms with van der Waals surface area (Å²) < 4.78 is 5.57. The lowest BCUT2D eigenvalue weighted by molar-refractivity contribution is -0.121. The normalized spacial score (nSPS) is 17.1. The van der Waals surface area contributed by atoms with E-state index in [-0.39, 0.29) is 18.2 Å². The molecule has 1 heterocycles. The van der Waals surface area contributed by atoms with Crippen LogP contribution >= 0.6 is 0 Å². The molecule has 1 N–H and O–H groups in total. The van der Waals surface area contributed by atoms with E-state index in [1.54, 1.807) is 18.2 Å². The van der Waals surface area contributed by atoms with E-state index in [2.05, 4.69) is 5.32 Å². The summed E-state index contributed by atoms with van der Waals surface area (Å²) in [7, 11) is 0. The SMILES string of the molecule is CCOc1ccccc1N1C(=O)C[C@H](Nc2c(C)cccc2C)C1=O. The van der Waals surface area contributed by atoms with Crippen molar-refractivity contribution in [2.75, 3.05) is 16.8 Å². The Morgan fingerprint density at radius 3 is 2.44 bits per heavy atom. The first-order chi connectivity index (χ1) is 12.0. The summed E-state index contributed by atoms with van der Waals surface area (Å²) in [6, 6.07) is 12.5. The average Bonchev–Trinajstić information content (AvgIpc) is 2.86. The van der Waals surface area contributed by atoms with Gasteiger partial charge >= 0.3 is 0 Å². The molecule has 0 aliphatic carbocycles. The largest absolute Gasteiger partial charge is 0.492 e. The van der Waals surface area contributed by atoms with E-state index in [4.69, 9.17) is 4.74 Å². The van der Waals surface area contributed by atoms with Gasteiger partial charge in [-0.3, -0.25) is 9.59 Å². The molecule has 0 bridgehead atoms.